The van der Waals surface area contributed by atoms with Gasteiger partial charge in [-0.15, -0.1) is 0 Å². The van der Waals surface area contributed by atoms with Crippen molar-refractivity contribution in [3.63, 3.8) is 0 Å². The number of rotatable bonds is 3. The molecule has 0 amide bonds. The van der Waals surface area contributed by atoms with Crippen LogP contribution in [0.25, 0.3) is 0 Å². The summed E-state index contributed by atoms with van der Waals surface area (Å²) in [5, 5.41) is 3.06. The van der Waals surface area contributed by atoms with E-state index in [2.05, 4.69) is 27.3 Å². The number of anilines is 2. The molecular weight excluding hydrogens is 228 g/mol. The molecule has 3 N–H and O–H groups in total. The highest BCUT2D eigenvalue weighted by molar-refractivity contribution is 5.92. The molecule has 0 radical (unpaired) electrons. The van der Waals surface area contributed by atoms with Crippen molar-refractivity contribution in [2.24, 2.45) is 10.7 Å². The van der Waals surface area contributed by atoms with Gasteiger partial charge in [0.2, 0.25) is 0 Å². The molecule has 1 aliphatic heterocycles. The first-order chi connectivity index (χ1) is 8.79. The lowest BCUT2D eigenvalue weighted by molar-refractivity contribution is 0.122. The van der Waals surface area contributed by atoms with E-state index >= 15 is 0 Å². The van der Waals surface area contributed by atoms with Gasteiger partial charge in [0, 0.05) is 31.0 Å². The van der Waals surface area contributed by atoms with E-state index < -0.39 is 0 Å². The Kier molecular flexibility index (Phi) is 4.41. The summed E-state index contributed by atoms with van der Waals surface area (Å²) >= 11 is 0. The van der Waals surface area contributed by atoms with Gasteiger partial charge in [-0.2, -0.15) is 0 Å². The number of guanidine groups is 1. The van der Waals surface area contributed by atoms with E-state index in [-0.39, 0.29) is 0 Å². The molecule has 0 aromatic heterocycles. The van der Waals surface area contributed by atoms with E-state index in [1.807, 2.05) is 19.1 Å². The topological polar surface area (TPSA) is 62.9 Å². The van der Waals surface area contributed by atoms with Crippen LogP contribution in [0.3, 0.4) is 0 Å². The van der Waals surface area contributed by atoms with Crippen molar-refractivity contribution >= 4 is 17.3 Å². The van der Waals surface area contributed by atoms with Crippen molar-refractivity contribution in [1.29, 1.82) is 0 Å². The fraction of sp³-hybridized carbons (Fsp3) is 0.462. The fourth-order valence-electron chi connectivity index (χ4n) is 1.93. The number of aliphatic imine (C=N–C) groups is 1. The van der Waals surface area contributed by atoms with Gasteiger partial charge >= 0.3 is 0 Å². The highest BCUT2D eigenvalue weighted by Crippen LogP contribution is 2.18. The molecule has 1 saturated heterocycles. The summed E-state index contributed by atoms with van der Waals surface area (Å²) in [7, 11) is 0. The SMILES string of the molecule is CCN=C(N)Nc1ccc(N2CCOCC2)cc1. The van der Waals surface area contributed by atoms with Crippen LogP contribution >= 0.6 is 0 Å². The summed E-state index contributed by atoms with van der Waals surface area (Å²) in [5.74, 6) is 0.455. The van der Waals surface area contributed by atoms with Crippen LogP contribution in [0.2, 0.25) is 0 Å². The van der Waals surface area contributed by atoms with Crippen LogP contribution < -0.4 is 16.0 Å². The van der Waals surface area contributed by atoms with Crippen LogP contribution in [-0.4, -0.2) is 38.8 Å². The highest BCUT2D eigenvalue weighted by atomic mass is 16.5. The Morgan fingerprint density at radius 3 is 2.61 bits per heavy atom. The second kappa shape index (κ2) is 6.26. The van der Waals surface area contributed by atoms with Gasteiger partial charge in [0.25, 0.3) is 0 Å². The van der Waals surface area contributed by atoms with Crippen molar-refractivity contribution in [1.82, 2.24) is 0 Å². The quantitative estimate of drug-likeness (QED) is 0.624. The lowest BCUT2D eigenvalue weighted by Crippen LogP contribution is -2.36. The van der Waals surface area contributed by atoms with Crippen LogP contribution in [0, 0.1) is 0 Å². The van der Waals surface area contributed by atoms with Crippen LogP contribution in [0.5, 0.6) is 0 Å². The van der Waals surface area contributed by atoms with Gasteiger partial charge in [-0.1, -0.05) is 0 Å². The average Bonchev–Trinajstić information content (AvgIpc) is 2.41. The van der Waals surface area contributed by atoms with Crippen molar-refractivity contribution in [3.05, 3.63) is 24.3 Å². The van der Waals surface area contributed by atoms with Gasteiger partial charge in [0.1, 0.15) is 0 Å². The number of nitrogens with two attached hydrogens (primary N) is 1. The molecule has 98 valence electrons. The molecule has 1 heterocycles. The van der Waals surface area contributed by atoms with E-state index in [9.17, 15) is 0 Å². The summed E-state index contributed by atoms with van der Waals surface area (Å²) in [6.45, 7) is 6.14. The van der Waals surface area contributed by atoms with Crippen LogP contribution in [0.1, 0.15) is 6.92 Å². The maximum atomic E-state index is 5.71. The predicted octanol–water partition coefficient (Wildman–Crippen LogP) is 1.27. The predicted molar refractivity (Wildman–Crippen MR) is 75.3 cm³/mol. The standard InChI is InChI=1S/C13H20N4O/c1-2-15-13(14)16-11-3-5-12(6-4-11)17-7-9-18-10-8-17/h3-6H,2,7-10H2,1H3,(H3,14,15,16). The summed E-state index contributed by atoms with van der Waals surface area (Å²) in [5.41, 5.74) is 7.89. The number of benzene rings is 1. The zero-order chi connectivity index (χ0) is 12.8. The summed E-state index contributed by atoms with van der Waals surface area (Å²) in [6, 6.07) is 8.21. The number of morpholine rings is 1. The van der Waals surface area contributed by atoms with Crippen LogP contribution in [0.15, 0.2) is 29.3 Å². The van der Waals surface area contributed by atoms with Gasteiger partial charge < -0.3 is 20.7 Å². The number of hydrogen-bond donors (Lipinski definition) is 2. The third-order valence-corrected chi connectivity index (χ3v) is 2.84. The van der Waals surface area contributed by atoms with Crippen molar-refractivity contribution in [3.8, 4) is 0 Å². The Bertz CT molecular complexity index is 396. The Morgan fingerprint density at radius 1 is 1.33 bits per heavy atom. The molecule has 0 unspecified atom stereocenters. The Morgan fingerprint density at radius 2 is 2.00 bits per heavy atom. The normalized spacial score (nSPS) is 16.7. The molecule has 5 heteroatoms. The zero-order valence-corrected chi connectivity index (χ0v) is 10.7. The van der Waals surface area contributed by atoms with Crippen molar-refractivity contribution in [2.75, 3.05) is 43.1 Å². The molecule has 0 spiro atoms. The molecule has 0 saturated carbocycles. The lowest BCUT2D eigenvalue weighted by atomic mass is 10.2. The maximum Gasteiger partial charge on any atom is 0.193 e. The average molecular weight is 248 g/mol. The van der Waals surface area contributed by atoms with Crippen LogP contribution in [0.4, 0.5) is 11.4 Å². The Hall–Kier alpha value is -1.75. The van der Waals surface area contributed by atoms with Crippen LogP contribution in [-0.2, 0) is 4.74 Å². The third kappa shape index (κ3) is 3.37. The molecule has 0 bridgehead atoms. The van der Waals surface area contributed by atoms with Gasteiger partial charge in [0.05, 0.1) is 13.2 Å². The van der Waals surface area contributed by atoms with E-state index in [4.69, 9.17) is 10.5 Å². The molecule has 1 fully saturated rings. The van der Waals surface area contributed by atoms with E-state index in [0.717, 1.165) is 32.0 Å². The van der Waals surface area contributed by atoms with Gasteiger partial charge in [0.15, 0.2) is 5.96 Å². The molecule has 2 rings (SSSR count). The highest BCUT2D eigenvalue weighted by Gasteiger charge is 2.10. The fourth-order valence-corrected chi connectivity index (χ4v) is 1.93. The summed E-state index contributed by atoms with van der Waals surface area (Å²) in [6.07, 6.45) is 0. The van der Waals surface area contributed by atoms with Gasteiger partial charge in [-0.3, -0.25) is 4.99 Å². The molecular formula is C13H20N4O. The largest absolute Gasteiger partial charge is 0.378 e. The Balaban J connectivity index is 1.98. The number of nitrogens with one attached hydrogen (secondary N) is 1. The Labute approximate surface area is 108 Å². The smallest absolute Gasteiger partial charge is 0.193 e. The molecule has 0 aliphatic carbocycles. The van der Waals surface area contributed by atoms with Crippen molar-refractivity contribution in [2.45, 2.75) is 6.92 Å². The summed E-state index contributed by atoms with van der Waals surface area (Å²) in [4.78, 5) is 6.40. The second-order valence-electron chi connectivity index (χ2n) is 4.13. The van der Waals surface area contributed by atoms with Gasteiger partial charge in [-0.05, 0) is 31.2 Å². The number of hydrogen-bond acceptors (Lipinski definition) is 3. The minimum atomic E-state index is 0.455. The van der Waals surface area contributed by atoms with Gasteiger partial charge in [-0.25, -0.2) is 0 Å². The minimum Gasteiger partial charge on any atom is -0.378 e. The molecule has 1 aliphatic rings. The zero-order valence-electron chi connectivity index (χ0n) is 10.7. The first-order valence-corrected chi connectivity index (χ1v) is 6.29. The molecule has 5 nitrogen and oxygen atoms in total. The van der Waals surface area contributed by atoms with E-state index in [1.165, 1.54) is 5.69 Å². The molecule has 0 atom stereocenters. The number of nitrogens with zero attached hydrogens (tertiary/aromatic N) is 2. The molecule has 1 aromatic rings. The maximum absolute atomic E-state index is 5.71. The monoisotopic (exact) mass is 248 g/mol. The lowest BCUT2D eigenvalue weighted by Gasteiger charge is -2.28. The van der Waals surface area contributed by atoms with E-state index in [1.54, 1.807) is 0 Å². The van der Waals surface area contributed by atoms with E-state index in [0.29, 0.717) is 12.5 Å². The first kappa shape index (κ1) is 12.7. The second-order valence-corrected chi connectivity index (χ2v) is 4.13. The minimum absolute atomic E-state index is 0.455. The van der Waals surface area contributed by atoms with Crippen molar-refractivity contribution < 1.29 is 4.74 Å². The number of ether oxygens (including phenoxy) is 1. The molecule has 18 heavy (non-hydrogen) atoms. The summed E-state index contributed by atoms with van der Waals surface area (Å²) < 4.78 is 5.34. The molecule has 1 aromatic carbocycles. The first-order valence-electron chi connectivity index (χ1n) is 6.29. The third-order valence-electron chi connectivity index (χ3n) is 2.84.